The van der Waals surface area contributed by atoms with Crippen molar-refractivity contribution < 1.29 is 4.79 Å². The average molecular weight is 252 g/mol. The normalized spacial score (nSPS) is 10.6. The highest BCUT2D eigenvalue weighted by atomic mass is 16.1. The van der Waals surface area contributed by atoms with Crippen molar-refractivity contribution in [1.82, 2.24) is 0 Å². The Bertz CT molecular complexity index is 583. The maximum atomic E-state index is 11.7. The summed E-state index contributed by atoms with van der Waals surface area (Å²) in [6.45, 7) is 4.02. The summed E-state index contributed by atoms with van der Waals surface area (Å²) in [5.74, 6) is -0.232. The fourth-order valence-corrected chi connectivity index (χ4v) is 1.58. The second-order valence-corrected chi connectivity index (χ2v) is 4.45. The molecule has 3 nitrogen and oxygen atoms in total. The van der Waals surface area contributed by atoms with Crippen molar-refractivity contribution in [2.24, 2.45) is 4.99 Å². The summed E-state index contributed by atoms with van der Waals surface area (Å²) in [4.78, 5) is 15.8. The molecule has 0 aliphatic carbocycles. The molecule has 19 heavy (non-hydrogen) atoms. The number of hydrogen-bond donors (Lipinski definition) is 1. The molecule has 96 valence electrons. The lowest BCUT2D eigenvalue weighted by Crippen LogP contribution is -2.12. The Hall–Kier alpha value is -2.42. The van der Waals surface area contributed by atoms with Crippen LogP contribution in [0.2, 0.25) is 0 Å². The predicted molar refractivity (Wildman–Crippen MR) is 79.1 cm³/mol. The van der Waals surface area contributed by atoms with Gasteiger partial charge < -0.3 is 5.32 Å². The van der Waals surface area contributed by atoms with Crippen LogP contribution < -0.4 is 5.32 Å². The van der Waals surface area contributed by atoms with Crippen molar-refractivity contribution in [3.8, 4) is 0 Å². The van der Waals surface area contributed by atoms with Gasteiger partial charge in [0.2, 0.25) is 0 Å². The molecule has 0 aliphatic heterocycles. The predicted octanol–water partition coefficient (Wildman–Crippen LogP) is 3.64. The number of amides is 1. The molecule has 0 saturated heterocycles. The first kappa shape index (κ1) is 13.0. The summed E-state index contributed by atoms with van der Waals surface area (Å²) in [5, 5.41) is 2.76. The second kappa shape index (κ2) is 5.96. The minimum Gasteiger partial charge on any atom is -0.321 e. The largest absolute Gasteiger partial charge is 0.321 e. The van der Waals surface area contributed by atoms with Crippen LogP contribution in [0.25, 0.3) is 0 Å². The Balaban J connectivity index is 1.97. The number of nitrogens with zero attached hydrogens (tertiary/aromatic N) is 1. The zero-order chi connectivity index (χ0) is 13.7. The average Bonchev–Trinajstić information content (AvgIpc) is 2.41. The van der Waals surface area contributed by atoms with Gasteiger partial charge in [0.15, 0.2) is 0 Å². The quantitative estimate of drug-likeness (QED) is 0.832. The van der Waals surface area contributed by atoms with E-state index in [9.17, 15) is 4.79 Å². The third-order valence-electron chi connectivity index (χ3n) is 2.68. The molecule has 0 aliphatic rings. The molecule has 0 spiro atoms. The molecule has 0 saturated carbocycles. The van der Waals surface area contributed by atoms with Crippen LogP contribution in [0.1, 0.15) is 11.1 Å². The molecule has 0 heterocycles. The number of aliphatic imine (C=N–C) groups is 1. The lowest BCUT2D eigenvalue weighted by Gasteiger charge is -2.01. The SMILES string of the molecule is Cc1ccc(N=CC(=O)Nc2ccc(C)cc2)cc1. The summed E-state index contributed by atoms with van der Waals surface area (Å²) in [5.41, 5.74) is 3.87. The molecule has 0 atom stereocenters. The van der Waals surface area contributed by atoms with Gasteiger partial charge in [0.05, 0.1) is 11.9 Å². The van der Waals surface area contributed by atoms with Crippen molar-refractivity contribution >= 4 is 23.5 Å². The van der Waals surface area contributed by atoms with Gasteiger partial charge in [0.25, 0.3) is 5.91 Å². The van der Waals surface area contributed by atoms with Crippen LogP contribution in [0, 0.1) is 13.8 Å². The van der Waals surface area contributed by atoms with E-state index in [0.29, 0.717) is 0 Å². The van der Waals surface area contributed by atoms with Gasteiger partial charge in [-0.05, 0) is 38.1 Å². The number of aryl methyl sites for hydroxylation is 2. The topological polar surface area (TPSA) is 41.5 Å². The number of hydrogen-bond acceptors (Lipinski definition) is 2. The Morgan fingerprint density at radius 2 is 1.47 bits per heavy atom. The summed E-state index contributed by atoms with van der Waals surface area (Å²) in [7, 11) is 0. The minimum atomic E-state index is -0.232. The number of nitrogens with one attached hydrogen (secondary N) is 1. The standard InChI is InChI=1S/C16H16N2O/c1-12-3-7-14(8-4-12)17-11-16(19)18-15-9-5-13(2)6-10-15/h3-11H,1-2H3,(H,18,19). The molecular weight excluding hydrogens is 236 g/mol. The van der Waals surface area contributed by atoms with Crippen molar-refractivity contribution in [3.63, 3.8) is 0 Å². The monoisotopic (exact) mass is 252 g/mol. The Labute approximate surface area is 113 Å². The van der Waals surface area contributed by atoms with E-state index in [-0.39, 0.29) is 5.91 Å². The molecule has 0 aromatic heterocycles. The van der Waals surface area contributed by atoms with Crippen LogP contribution >= 0.6 is 0 Å². The molecule has 0 fully saturated rings. The number of carbonyl (C=O) groups is 1. The first-order valence-corrected chi connectivity index (χ1v) is 6.12. The third kappa shape index (κ3) is 4.07. The molecule has 0 bridgehead atoms. The van der Waals surface area contributed by atoms with E-state index >= 15 is 0 Å². The van der Waals surface area contributed by atoms with Crippen LogP contribution in [0.4, 0.5) is 11.4 Å². The first-order chi connectivity index (χ1) is 9.13. The maximum absolute atomic E-state index is 11.7. The number of benzene rings is 2. The fourth-order valence-electron chi connectivity index (χ4n) is 1.58. The second-order valence-electron chi connectivity index (χ2n) is 4.45. The molecular formula is C16H16N2O. The van der Waals surface area contributed by atoms with Crippen LogP contribution in [0.15, 0.2) is 53.5 Å². The van der Waals surface area contributed by atoms with Crippen molar-refractivity contribution in [2.45, 2.75) is 13.8 Å². The van der Waals surface area contributed by atoms with E-state index in [0.717, 1.165) is 16.9 Å². The number of carbonyl (C=O) groups excluding carboxylic acids is 1. The first-order valence-electron chi connectivity index (χ1n) is 6.12. The minimum absolute atomic E-state index is 0.232. The molecule has 3 heteroatoms. The lowest BCUT2D eigenvalue weighted by molar-refractivity contribution is -0.109. The summed E-state index contributed by atoms with van der Waals surface area (Å²) in [6.07, 6.45) is 1.30. The van der Waals surface area contributed by atoms with Gasteiger partial charge in [0, 0.05) is 5.69 Å². The highest BCUT2D eigenvalue weighted by molar-refractivity contribution is 6.32. The molecule has 2 aromatic carbocycles. The lowest BCUT2D eigenvalue weighted by atomic mass is 10.2. The van der Waals surface area contributed by atoms with E-state index in [2.05, 4.69) is 10.3 Å². The molecule has 0 radical (unpaired) electrons. The van der Waals surface area contributed by atoms with Gasteiger partial charge >= 0.3 is 0 Å². The van der Waals surface area contributed by atoms with Crippen LogP contribution in [0.5, 0.6) is 0 Å². The van der Waals surface area contributed by atoms with E-state index in [4.69, 9.17) is 0 Å². The van der Waals surface area contributed by atoms with Gasteiger partial charge in [0.1, 0.15) is 0 Å². The van der Waals surface area contributed by atoms with E-state index in [1.165, 1.54) is 11.8 Å². The van der Waals surface area contributed by atoms with Crippen molar-refractivity contribution in [2.75, 3.05) is 5.32 Å². The third-order valence-corrected chi connectivity index (χ3v) is 2.68. The van der Waals surface area contributed by atoms with E-state index < -0.39 is 0 Å². The Morgan fingerprint density at radius 3 is 2.05 bits per heavy atom. The van der Waals surface area contributed by atoms with E-state index in [1.807, 2.05) is 62.4 Å². The smallest absolute Gasteiger partial charge is 0.266 e. The zero-order valence-corrected chi connectivity index (χ0v) is 11.1. The molecule has 2 aromatic rings. The van der Waals surface area contributed by atoms with Gasteiger partial charge in [-0.1, -0.05) is 35.4 Å². The summed E-state index contributed by atoms with van der Waals surface area (Å²) < 4.78 is 0. The zero-order valence-electron chi connectivity index (χ0n) is 11.1. The van der Waals surface area contributed by atoms with Gasteiger partial charge in [-0.15, -0.1) is 0 Å². The van der Waals surface area contributed by atoms with Crippen molar-refractivity contribution in [3.05, 3.63) is 59.7 Å². The molecule has 1 amide bonds. The van der Waals surface area contributed by atoms with Gasteiger partial charge in [-0.25, -0.2) is 0 Å². The molecule has 2 rings (SSSR count). The highest BCUT2D eigenvalue weighted by Gasteiger charge is 1.98. The van der Waals surface area contributed by atoms with Crippen molar-refractivity contribution in [1.29, 1.82) is 0 Å². The van der Waals surface area contributed by atoms with Crippen LogP contribution in [-0.4, -0.2) is 12.1 Å². The molecule has 0 unspecified atom stereocenters. The van der Waals surface area contributed by atoms with E-state index in [1.54, 1.807) is 0 Å². The van der Waals surface area contributed by atoms with Crippen LogP contribution in [-0.2, 0) is 4.79 Å². The number of anilines is 1. The Kier molecular flexibility index (Phi) is 4.08. The number of rotatable bonds is 3. The summed E-state index contributed by atoms with van der Waals surface area (Å²) >= 11 is 0. The molecule has 1 N–H and O–H groups in total. The van der Waals surface area contributed by atoms with Crippen LogP contribution in [0.3, 0.4) is 0 Å². The fraction of sp³-hybridized carbons (Fsp3) is 0.125. The van der Waals surface area contributed by atoms with Gasteiger partial charge in [-0.3, -0.25) is 9.79 Å². The summed E-state index contributed by atoms with van der Waals surface area (Å²) in [6, 6.07) is 15.3. The maximum Gasteiger partial charge on any atom is 0.266 e. The Morgan fingerprint density at radius 1 is 0.947 bits per heavy atom. The highest BCUT2D eigenvalue weighted by Crippen LogP contribution is 2.12. The van der Waals surface area contributed by atoms with Gasteiger partial charge in [-0.2, -0.15) is 0 Å².